The number of benzene rings is 2. The Balaban J connectivity index is 2.95. The van der Waals surface area contributed by atoms with Crippen LogP contribution in [0.4, 0.5) is 0 Å². The SMILES string of the molecule is O=P(O)(O)OC(c1ccccc1)(C(CO)(CO)C(O)c1ccccc1)P(=O)(O)O. The maximum atomic E-state index is 12.7. The fourth-order valence-electron chi connectivity index (χ4n) is 3.36. The minimum Gasteiger partial charge on any atom is -0.395 e. The van der Waals surface area contributed by atoms with Gasteiger partial charge in [0, 0.05) is 0 Å². The first-order valence-corrected chi connectivity index (χ1v) is 11.4. The second-order valence-corrected chi connectivity index (χ2v) is 9.30. The van der Waals surface area contributed by atoms with E-state index < -0.39 is 51.1 Å². The molecule has 0 radical (unpaired) electrons. The summed E-state index contributed by atoms with van der Waals surface area (Å²) in [5, 5.41) is 28.0. The third-order valence-corrected chi connectivity index (χ3v) is 6.98. The van der Waals surface area contributed by atoms with Gasteiger partial charge in [0.2, 0.25) is 5.34 Å². The summed E-state index contributed by atoms with van der Waals surface area (Å²) in [6, 6.07) is 13.6. The third-order valence-electron chi connectivity index (χ3n) is 4.70. The van der Waals surface area contributed by atoms with E-state index in [1.807, 2.05) is 0 Å². The zero-order valence-corrected chi connectivity index (χ0v) is 16.8. The van der Waals surface area contributed by atoms with Gasteiger partial charge >= 0.3 is 15.4 Å². The van der Waals surface area contributed by atoms with Crippen molar-refractivity contribution in [1.82, 2.24) is 0 Å². The number of hydrogen-bond donors (Lipinski definition) is 7. The van der Waals surface area contributed by atoms with E-state index in [1.165, 1.54) is 42.5 Å². The van der Waals surface area contributed by atoms with Crippen LogP contribution in [-0.4, -0.2) is 48.1 Å². The summed E-state index contributed by atoms with van der Waals surface area (Å²) in [6.07, 6.45) is -1.99. The van der Waals surface area contributed by atoms with E-state index in [4.69, 9.17) is 0 Å². The average molecular weight is 448 g/mol. The summed E-state index contributed by atoms with van der Waals surface area (Å²) in [5.74, 6) is 0. The standard InChI is InChI=1S/C17H22O10P2/c18-11-16(12-19,15(20)13-7-3-1-4-8-13)17(28(21,22)23,27-29(24,25)26)14-9-5-2-6-10-14/h1-10,15,18-20H,11-12H2,(H2,21,22,23)(H2,24,25,26). The first-order chi connectivity index (χ1) is 13.4. The fraction of sp³-hybridized carbons (Fsp3) is 0.294. The highest BCUT2D eigenvalue weighted by atomic mass is 31.2. The normalized spacial score (nSPS) is 16.2. The number of aliphatic hydroxyl groups excluding tert-OH is 3. The lowest BCUT2D eigenvalue weighted by Crippen LogP contribution is -2.55. The Labute approximate surface area is 166 Å². The number of hydrogen-bond acceptors (Lipinski definition) is 6. The zero-order chi connectivity index (χ0) is 21.9. The lowest BCUT2D eigenvalue weighted by Gasteiger charge is -2.50. The van der Waals surface area contributed by atoms with Crippen LogP contribution in [0, 0.1) is 5.41 Å². The summed E-state index contributed by atoms with van der Waals surface area (Å²) in [4.78, 5) is 39.5. The monoisotopic (exact) mass is 448 g/mol. The second kappa shape index (κ2) is 8.75. The molecule has 0 spiro atoms. The van der Waals surface area contributed by atoms with Crippen LogP contribution in [0.15, 0.2) is 60.7 Å². The van der Waals surface area contributed by atoms with Crippen molar-refractivity contribution in [3.05, 3.63) is 71.8 Å². The molecule has 0 aliphatic heterocycles. The fourth-order valence-corrected chi connectivity index (χ4v) is 6.06. The predicted octanol–water partition coefficient (Wildman–Crippen LogP) is 0.831. The lowest BCUT2D eigenvalue weighted by atomic mass is 9.72. The number of rotatable bonds is 9. The van der Waals surface area contributed by atoms with Crippen LogP contribution in [0.5, 0.6) is 0 Å². The van der Waals surface area contributed by atoms with Gasteiger partial charge in [0.15, 0.2) is 0 Å². The number of phosphoric acid groups is 1. The third kappa shape index (κ3) is 4.38. The molecule has 2 unspecified atom stereocenters. The largest absolute Gasteiger partial charge is 0.471 e. The van der Waals surface area contributed by atoms with Crippen molar-refractivity contribution in [2.24, 2.45) is 5.41 Å². The maximum Gasteiger partial charge on any atom is 0.471 e. The van der Waals surface area contributed by atoms with Gasteiger partial charge in [0.1, 0.15) is 0 Å². The molecular formula is C17H22O10P2. The molecule has 2 aromatic rings. The molecule has 0 aliphatic carbocycles. The highest BCUT2D eigenvalue weighted by Crippen LogP contribution is 2.72. The highest BCUT2D eigenvalue weighted by molar-refractivity contribution is 7.54. The Morgan fingerprint density at radius 2 is 1.28 bits per heavy atom. The second-order valence-electron chi connectivity index (χ2n) is 6.42. The average Bonchev–Trinajstić information content (AvgIpc) is 2.67. The molecule has 0 saturated heterocycles. The molecule has 2 aromatic carbocycles. The van der Waals surface area contributed by atoms with E-state index in [0.29, 0.717) is 0 Å². The zero-order valence-electron chi connectivity index (χ0n) is 15.0. The highest BCUT2D eigenvalue weighted by Gasteiger charge is 2.69. The first kappa shape index (κ1) is 23.9. The van der Waals surface area contributed by atoms with Crippen molar-refractivity contribution in [2.45, 2.75) is 11.4 Å². The van der Waals surface area contributed by atoms with Crippen LogP contribution in [0.25, 0.3) is 0 Å². The van der Waals surface area contributed by atoms with Crippen molar-refractivity contribution in [2.75, 3.05) is 13.2 Å². The van der Waals surface area contributed by atoms with E-state index in [0.717, 1.165) is 12.1 Å². The van der Waals surface area contributed by atoms with Crippen LogP contribution >= 0.6 is 15.4 Å². The molecule has 0 aromatic heterocycles. The van der Waals surface area contributed by atoms with Crippen LogP contribution in [0.3, 0.4) is 0 Å². The molecule has 10 nitrogen and oxygen atoms in total. The van der Waals surface area contributed by atoms with Gasteiger partial charge in [-0.3, -0.25) is 9.09 Å². The van der Waals surface area contributed by atoms with Gasteiger partial charge in [0.05, 0.1) is 24.7 Å². The van der Waals surface area contributed by atoms with Crippen LogP contribution < -0.4 is 0 Å². The molecular weight excluding hydrogens is 426 g/mol. The summed E-state index contributed by atoms with van der Waals surface area (Å²) in [6.45, 7) is -2.58. The smallest absolute Gasteiger partial charge is 0.395 e. The molecule has 7 N–H and O–H groups in total. The van der Waals surface area contributed by atoms with Crippen molar-refractivity contribution in [3.8, 4) is 0 Å². The van der Waals surface area contributed by atoms with E-state index >= 15 is 0 Å². The van der Waals surface area contributed by atoms with Gasteiger partial charge < -0.3 is 34.9 Å². The van der Waals surface area contributed by atoms with Crippen molar-refractivity contribution < 1.29 is 48.5 Å². The van der Waals surface area contributed by atoms with E-state index in [2.05, 4.69) is 4.52 Å². The molecule has 160 valence electrons. The lowest BCUT2D eigenvalue weighted by molar-refractivity contribution is -0.155. The van der Waals surface area contributed by atoms with Gasteiger partial charge in [-0.15, -0.1) is 0 Å². The van der Waals surface area contributed by atoms with Gasteiger partial charge in [-0.25, -0.2) is 4.57 Å². The quantitative estimate of drug-likeness (QED) is 0.271. The van der Waals surface area contributed by atoms with Crippen molar-refractivity contribution >= 4 is 15.4 Å². The Morgan fingerprint density at radius 3 is 1.66 bits per heavy atom. The number of phosphoric ester groups is 1. The molecule has 12 heteroatoms. The molecule has 2 atom stereocenters. The van der Waals surface area contributed by atoms with Gasteiger partial charge in [-0.2, -0.15) is 0 Å². The molecule has 0 saturated carbocycles. The Kier molecular flexibility index (Phi) is 7.20. The van der Waals surface area contributed by atoms with E-state index in [1.54, 1.807) is 6.07 Å². The van der Waals surface area contributed by atoms with Crippen molar-refractivity contribution in [1.29, 1.82) is 0 Å². The summed E-state index contributed by atoms with van der Waals surface area (Å²) in [7, 11) is -11.4. The molecule has 0 fully saturated rings. The molecule has 0 heterocycles. The molecule has 2 rings (SSSR count). The Bertz CT molecular complexity index is 891. The number of aliphatic hydroxyl groups is 3. The van der Waals surface area contributed by atoms with Crippen molar-refractivity contribution in [3.63, 3.8) is 0 Å². The van der Waals surface area contributed by atoms with Gasteiger partial charge in [-0.05, 0) is 11.1 Å². The molecule has 29 heavy (non-hydrogen) atoms. The molecule has 0 aliphatic rings. The van der Waals surface area contributed by atoms with Crippen LogP contribution in [-0.2, 0) is 19.0 Å². The van der Waals surface area contributed by atoms with E-state index in [9.17, 15) is 44.0 Å². The predicted molar refractivity (Wildman–Crippen MR) is 101 cm³/mol. The molecule has 0 amide bonds. The first-order valence-electron chi connectivity index (χ1n) is 8.27. The maximum absolute atomic E-state index is 12.7. The summed E-state index contributed by atoms with van der Waals surface area (Å²) in [5.41, 5.74) is -3.08. The minimum absolute atomic E-state index is 0.0265. The molecule has 0 bridgehead atoms. The Hall–Kier alpha value is -1.42. The van der Waals surface area contributed by atoms with E-state index in [-0.39, 0.29) is 5.56 Å². The van der Waals surface area contributed by atoms with Crippen LogP contribution in [0.1, 0.15) is 17.2 Å². The summed E-state index contributed by atoms with van der Waals surface area (Å²) < 4.78 is 29.2. The minimum atomic E-state index is -5.75. The summed E-state index contributed by atoms with van der Waals surface area (Å²) >= 11 is 0. The topological polar surface area (TPSA) is 185 Å². The van der Waals surface area contributed by atoms with Gasteiger partial charge in [-0.1, -0.05) is 60.7 Å². The van der Waals surface area contributed by atoms with Crippen LogP contribution in [0.2, 0.25) is 0 Å². The van der Waals surface area contributed by atoms with Gasteiger partial charge in [0.25, 0.3) is 0 Å². The Morgan fingerprint density at radius 1 is 0.828 bits per heavy atom.